The summed E-state index contributed by atoms with van der Waals surface area (Å²) in [5.41, 5.74) is 2.94. The Labute approximate surface area is 145 Å². The summed E-state index contributed by atoms with van der Waals surface area (Å²) in [6.45, 7) is 5.66. The molecule has 3 rings (SSSR count). The molecule has 1 saturated heterocycles. The zero-order chi connectivity index (χ0) is 16.2. The Balaban J connectivity index is 1.50. The van der Waals surface area contributed by atoms with Crippen molar-refractivity contribution in [3.8, 4) is 5.75 Å². The number of benzene rings is 1. The molecule has 2 N–H and O–H groups in total. The molecule has 1 atom stereocenters. The lowest BCUT2D eigenvalue weighted by Crippen LogP contribution is -2.26. The second kappa shape index (κ2) is 7.32. The monoisotopic (exact) mass is 375 g/mol. The first-order valence-corrected chi connectivity index (χ1v) is 8.78. The maximum atomic E-state index is 9.83. The predicted molar refractivity (Wildman–Crippen MR) is 96.8 cm³/mol. The largest absolute Gasteiger partial charge is 0.506 e. The minimum Gasteiger partial charge on any atom is -0.506 e. The van der Waals surface area contributed by atoms with E-state index in [1.807, 2.05) is 13.0 Å². The summed E-state index contributed by atoms with van der Waals surface area (Å²) in [4.78, 5) is 6.81. The molecule has 1 aliphatic heterocycles. The number of pyridine rings is 1. The van der Waals surface area contributed by atoms with Gasteiger partial charge in [-0.2, -0.15) is 0 Å². The first-order valence-electron chi connectivity index (χ1n) is 7.98. The van der Waals surface area contributed by atoms with E-state index in [2.05, 4.69) is 55.4 Å². The normalized spacial score (nSPS) is 17.7. The van der Waals surface area contributed by atoms with Gasteiger partial charge in [0.25, 0.3) is 0 Å². The van der Waals surface area contributed by atoms with Gasteiger partial charge in [0.2, 0.25) is 0 Å². The van der Waals surface area contributed by atoms with Crippen LogP contribution < -0.4 is 10.2 Å². The molecule has 0 bridgehead atoms. The Morgan fingerprint density at radius 3 is 3.04 bits per heavy atom. The van der Waals surface area contributed by atoms with Gasteiger partial charge >= 0.3 is 0 Å². The molecule has 1 unspecified atom stereocenters. The molecule has 23 heavy (non-hydrogen) atoms. The minimum absolute atomic E-state index is 0.269. The van der Waals surface area contributed by atoms with Gasteiger partial charge < -0.3 is 15.3 Å². The predicted octanol–water partition coefficient (Wildman–Crippen LogP) is 3.47. The first kappa shape index (κ1) is 16.3. The Morgan fingerprint density at radius 1 is 1.35 bits per heavy atom. The van der Waals surface area contributed by atoms with E-state index in [1.54, 1.807) is 6.07 Å². The van der Waals surface area contributed by atoms with Crippen LogP contribution in [-0.2, 0) is 6.54 Å². The minimum atomic E-state index is 0.269. The molecular formula is C18H22BrN3O. The number of nitrogens with one attached hydrogen (secondary N) is 1. The molecular weight excluding hydrogens is 354 g/mol. The van der Waals surface area contributed by atoms with Gasteiger partial charge in [0, 0.05) is 42.0 Å². The van der Waals surface area contributed by atoms with Crippen LogP contribution in [0.4, 0.5) is 5.69 Å². The quantitative estimate of drug-likeness (QED) is 0.839. The fraction of sp³-hybridized carbons (Fsp3) is 0.389. The molecule has 0 amide bonds. The molecule has 1 fully saturated rings. The van der Waals surface area contributed by atoms with Crippen LogP contribution in [0, 0.1) is 12.8 Å². The third-order valence-electron chi connectivity index (χ3n) is 4.27. The Hall–Kier alpha value is -1.59. The van der Waals surface area contributed by atoms with Crippen molar-refractivity contribution in [2.45, 2.75) is 19.9 Å². The van der Waals surface area contributed by atoms with Gasteiger partial charge in [0.1, 0.15) is 5.75 Å². The Bertz CT molecular complexity index is 677. The highest BCUT2D eigenvalue weighted by Crippen LogP contribution is 2.26. The molecule has 2 aromatic rings. The van der Waals surface area contributed by atoms with Crippen molar-refractivity contribution < 1.29 is 5.11 Å². The van der Waals surface area contributed by atoms with E-state index in [4.69, 9.17) is 0 Å². The van der Waals surface area contributed by atoms with Crippen LogP contribution in [0.3, 0.4) is 0 Å². The number of hydrogen-bond donors (Lipinski definition) is 2. The maximum absolute atomic E-state index is 9.83. The van der Waals surface area contributed by atoms with Crippen LogP contribution in [0.2, 0.25) is 0 Å². The molecule has 0 saturated carbocycles. The molecule has 4 nitrogen and oxygen atoms in total. The van der Waals surface area contributed by atoms with Crippen LogP contribution in [0.5, 0.6) is 5.75 Å². The van der Waals surface area contributed by atoms with Gasteiger partial charge in [-0.3, -0.25) is 4.98 Å². The van der Waals surface area contributed by atoms with E-state index in [0.29, 0.717) is 12.5 Å². The fourth-order valence-corrected chi connectivity index (χ4v) is 3.42. The average Bonchev–Trinajstić information content (AvgIpc) is 3.00. The van der Waals surface area contributed by atoms with Crippen LogP contribution >= 0.6 is 15.9 Å². The zero-order valence-corrected chi connectivity index (χ0v) is 14.9. The van der Waals surface area contributed by atoms with Crippen molar-refractivity contribution in [3.63, 3.8) is 0 Å². The van der Waals surface area contributed by atoms with E-state index in [1.165, 1.54) is 12.1 Å². The van der Waals surface area contributed by atoms with Gasteiger partial charge in [-0.15, -0.1) is 0 Å². The van der Waals surface area contributed by atoms with Gasteiger partial charge in [-0.25, -0.2) is 0 Å². The number of rotatable bonds is 5. The van der Waals surface area contributed by atoms with Crippen LogP contribution in [-0.4, -0.2) is 29.7 Å². The van der Waals surface area contributed by atoms with Crippen LogP contribution in [0.1, 0.15) is 17.8 Å². The summed E-state index contributed by atoms with van der Waals surface area (Å²) in [6.07, 6.45) is 1.19. The summed E-state index contributed by atoms with van der Waals surface area (Å²) in [7, 11) is 0. The van der Waals surface area contributed by atoms with Crippen LogP contribution in [0.15, 0.2) is 40.9 Å². The summed E-state index contributed by atoms with van der Waals surface area (Å²) in [6, 6.07) is 12.0. The standard InChI is InChI=1S/C18H22BrN3O/c1-13-5-6-18(23)17(21-13)11-20-10-14-7-8-22(12-14)16-4-2-3-15(19)9-16/h2-6,9,14,20,23H,7-8,10-12H2,1H3. The smallest absolute Gasteiger partial charge is 0.138 e. The topological polar surface area (TPSA) is 48.4 Å². The highest BCUT2D eigenvalue weighted by molar-refractivity contribution is 9.10. The third kappa shape index (κ3) is 4.24. The number of aromatic nitrogens is 1. The molecule has 0 aliphatic carbocycles. The van der Waals surface area contributed by atoms with E-state index >= 15 is 0 Å². The van der Waals surface area contributed by atoms with Gasteiger partial charge in [0.15, 0.2) is 0 Å². The van der Waals surface area contributed by atoms with E-state index in [9.17, 15) is 5.11 Å². The summed E-state index contributed by atoms with van der Waals surface area (Å²) >= 11 is 3.54. The molecule has 0 spiro atoms. The third-order valence-corrected chi connectivity index (χ3v) is 4.77. The first-order chi connectivity index (χ1) is 11.1. The Morgan fingerprint density at radius 2 is 2.22 bits per heavy atom. The Kier molecular flexibility index (Phi) is 5.18. The van der Waals surface area contributed by atoms with Crippen molar-refractivity contribution in [2.75, 3.05) is 24.5 Å². The SMILES string of the molecule is Cc1ccc(O)c(CNCC2CCN(c3cccc(Br)c3)C2)n1. The summed E-state index contributed by atoms with van der Waals surface area (Å²) in [5, 5.41) is 13.3. The fourth-order valence-electron chi connectivity index (χ4n) is 3.03. The second-order valence-corrected chi connectivity index (χ2v) is 7.05. The molecule has 1 aromatic carbocycles. The lowest BCUT2D eigenvalue weighted by atomic mass is 10.1. The van der Waals surface area contributed by atoms with Crippen molar-refractivity contribution in [1.82, 2.24) is 10.3 Å². The molecule has 1 aromatic heterocycles. The lowest BCUT2D eigenvalue weighted by Gasteiger charge is -2.19. The van der Waals surface area contributed by atoms with Gasteiger partial charge in [-0.1, -0.05) is 22.0 Å². The maximum Gasteiger partial charge on any atom is 0.138 e. The van der Waals surface area contributed by atoms with E-state index in [-0.39, 0.29) is 5.75 Å². The van der Waals surface area contributed by atoms with Crippen molar-refractivity contribution >= 4 is 21.6 Å². The summed E-state index contributed by atoms with van der Waals surface area (Å²) < 4.78 is 1.12. The number of anilines is 1. The number of hydrogen-bond acceptors (Lipinski definition) is 4. The van der Waals surface area contributed by atoms with Crippen LogP contribution in [0.25, 0.3) is 0 Å². The number of halogens is 1. The second-order valence-electron chi connectivity index (χ2n) is 6.13. The zero-order valence-electron chi connectivity index (χ0n) is 13.3. The van der Waals surface area contributed by atoms with Crippen molar-refractivity contribution in [1.29, 1.82) is 0 Å². The highest BCUT2D eigenvalue weighted by Gasteiger charge is 2.22. The lowest BCUT2D eigenvalue weighted by molar-refractivity contribution is 0.452. The highest BCUT2D eigenvalue weighted by atomic mass is 79.9. The molecule has 0 radical (unpaired) electrons. The molecule has 2 heterocycles. The average molecular weight is 376 g/mol. The van der Waals surface area contributed by atoms with E-state index < -0.39 is 0 Å². The van der Waals surface area contributed by atoms with E-state index in [0.717, 1.165) is 35.5 Å². The number of aromatic hydroxyl groups is 1. The summed E-state index contributed by atoms with van der Waals surface area (Å²) in [5.74, 6) is 0.895. The van der Waals surface area contributed by atoms with Gasteiger partial charge in [0.05, 0.1) is 5.69 Å². The van der Waals surface area contributed by atoms with Crippen molar-refractivity contribution in [3.05, 3.63) is 52.3 Å². The molecule has 122 valence electrons. The number of nitrogens with zero attached hydrogens (tertiary/aromatic N) is 2. The van der Waals surface area contributed by atoms with Gasteiger partial charge in [-0.05, 0) is 49.6 Å². The van der Waals surface area contributed by atoms with Crippen molar-refractivity contribution in [2.24, 2.45) is 5.92 Å². The number of aryl methyl sites for hydroxylation is 1. The molecule has 5 heteroatoms. The molecule has 1 aliphatic rings.